The van der Waals surface area contributed by atoms with E-state index in [0.717, 1.165) is 21.7 Å². The highest BCUT2D eigenvalue weighted by Gasteiger charge is 2.09. The van der Waals surface area contributed by atoms with Crippen molar-refractivity contribution >= 4 is 38.8 Å². The van der Waals surface area contributed by atoms with E-state index in [1.54, 1.807) is 30.3 Å². The molecule has 0 bridgehead atoms. The summed E-state index contributed by atoms with van der Waals surface area (Å²) >= 11 is 3.29. The first-order valence-corrected chi connectivity index (χ1v) is 9.35. The molecule has 0 fully saturated rings. The Kier molecular flexibility index (Phi) is 6.02. The van der Waals surface area contributed by atoms with E-state index in [-0.39, 0.29) is 5.91 Å². The lowest BCUT2D eigenvalue weighted by atomic mass is 10.2. The molecule has 0 aliphatic carbocycles. The van der Waals surface area contributed by atoms with Crippen LogP contribution in [0.5, 0.6) is 11.6 Å². The van der Waals surface area contributed by atoms with Crippen LogP contribution in [0.4, 0.5) is 4.79 Å². The minimum Gasteiger partial charge on any atom is -0.464 e. The van der Waals surface area contributed by atoms with Crippen molar-refractivity contribution in [2.75, 3.05) is 5.33 Å². The van der Waals surface area contributed by atoms with E-state index in [9.17, 15) is 9.59 Å². The Morgan fingerprint density at radius 2 is 2.07 bits per heavy atom. The number of nitrogens with one attached hydrogen (secondary N) is 1. The second-order valence-electron chi connectivity index (χ2n) is 5.71. The Hall–Kier alpha value is -2.94. The topological polar surface area (TPSA) is 106 Å². The van der Waals surface area contributed by atoms with Crippen molar-refractivity contribution < 1.29 is 19.4 Å². The summed E-state index contributed by atoms with van der Waals surface area (Å²) in [5.41, 5.74) is 1.20. The average Bonchev–Trinajstić information content (AvgIpc) is 3.08. The maximum Gasteiger partial charge on any atom is 0.415 e. The summed E-state index contributed by atoms with van der Waals surface area (Å²) in [7, 11) is 0. The van der Waals surface area contributed by atoms with Crippen molar-refractivity contribution in [1.82, 2.24) is 19.9 Å². The van der Waals surface area contributed by atoms with Gasteiger partial charge in [-0.05, 0) is 30.7 Å². The first kappa shape index (κ1) is 18.8. The Bertz CT molecular complexity index is 973. The molecule has 0 aliphatic rings. The molecule has 27 heavy (non-hydrogen) atoms. The monoisotopic (exact) mass is 432 g/mol. The number of fused-ring (bicyclic) bond motifs is 1. The van der Waals surface area contributed by atoms with Crippen molar-refractivity contribution in [3.63, 3.8) is 0 Å². The Morgan fingerprint density at radius 1 is 1.22 bits per heavy atom. The van der Waals surface area contributed by atoms with Gasteiger partial charge in [0.1, 0.15) is 12.1 Å². The SMILES string of the molecule is O=C(CCCBr)NCc1cc(Oc2ccc3c(ccn3C(=O)O)c2)ncn1. The van der Waals surface area contributed by atoms with Crippen LogP contribution in [0, 0.1) is 0 Å². The van der Waals surface area contributed by atoms with E-state index in [2.05, 4.69) is 31.2 Å². The largest absolute Gasteiger partial charge is 0.464 e. The minimum atomic E-state index is -1.04. The predicted molar refractivity (Wildman–Crippen MR) is 102 cm³/mol. The van der Waals surface area contributed by atoms with E-state index >= 15 is 0 Å². The van der Waals surface area contributed by atoms with Gasteiger partial charge in [-0.25, -0.2) is 14.8 Å². The number of hydrogen-bond acceptors (Lipinski definition) is 5. The van der Waals surface area contributed by atoms with Gasteiger partial charge in [0.05, 0.1) is 17.8 Å². The lowest BCUT2D eigenvalue weighted by Crippen LogP contribution is -2.23. The van der Waals surface area contributed by atoms with Gasteiger partial charge in [-0.15, -0.1) is 0 Å². The molecule has 140 valence electrons. The summed E-state index contributed by atoms with van der Waals surface area (Å²) < 4.78 is 6.88. The van der Waals surface area contributed by atoms with Gasteiger partial charge in [0.2, 0.25) is 11.8 Å². The molecule has 2 aromatic heterocycles. The number of carbonyl (C=O) groups excluding carboxylic acids is 1. The molecule has 0 aliphatic heterocycles. The van der Waals surface area contributed by atoms with Crippen molar-refractivity contribution in [3.05, 3.63) is 48.5 Å². The molecule has 8 nitrogen and oxygen atoms in total. The van der Waals surface area contributed by atoms with Gasteiger partial charge in [0, 0.05) is 29.4 Å². The molecule has 1 amide bonds. The van der Waals surface area contributed by atoms with Crippen LogP contribution in [0.15, 0.2) is 42.9 Å². The molecule has 0 saturated heterocycles. The van der Waals surface area contributed by atoms with Gasteiger partial charge < -0.3 is 15.2 Å². The molecule has 0 atom stereocenters. The fourth-order valence-corrected chi connectivity index (χ4v) is 2.79. The highest BCUT2D eigenvalue weighted by atomic mass is 79.9. The van der Waals surface area contributed by atoms with Gasteiger partial charge in [0.25, 0.3) is 0 Å². The lowest BCUT2D eigenvalue weighted by molar-refractivity contribution is -0.121. The molecular weight excluding hydrogens is 416 g/mol. The molecule has 1 aromatic carbocycles. The first-order valence-electron chi connectivity index (χ1n) is 8.22. The van der Waals surface area contributed by atoms with Crippen LogP contribution >= 0.6 is 15.9 Å². The number of ether oxygens (including phenoxy) is 1. The summed E-state index contributed by atoms with van der Waals surface area (Å²) in [5, 5.41) is 13.4. The van der Waals surface area contributed by atoms with Crippen LogP contribution in [0.3, 0.4) is 0 Å². The summed E-state index contributed by atoms with van der Waals surface area (Å²) in [6.45, 7) is 0.292. The second kappa shape index (κ2) is 8.63. The number of benzene rings is 1. The van der Waals surface area contributed by atoms with E-state index in [0.29, 0.717) is 35.8 Å². The third kappa shape index (κ3) is 4.82. The number of carbonyl (C=O) groups is 2. The third-order valence-corrected chi connectivity index (χ3v) is 4.35. The molecule has 0 radical (unpaired) electrons. The van der Waals surface area contributed by atoms with Crippen LogP contribution in [0.2, 0.25) is 0 Å². The second-order valence-corrected chi connectivity index (χ2v) is 6.50. The average molecular weight is 433 g/mol. The Morgan fingerprint density at radius 3 is 2.85 bits per heavy atom. The number of rotatable bonds is 7. The number of amides is 1. The summed E-state index contributed by atoms with van der Waals surface area (Å²) in [6, 6.07) is 8.43. The molecule has 3 rings (SSSR count). The van der Waals surface area contributed by atoms with Crippen LogP contribution < -0.4 is 10.1 Å². The zero-order valence-electron chi connectivity index (χ0n) is 14.3. The van der Waals surface area contributed by atoms with E-state index < -0.39 is 6.09 Å². The number of alkyl halides is 1. The van der Waals surface area contributed by atoms with Gasteiger partial charge in [0.15, 0.2) is 0 Å². The molecular formula is C18H17BrN4O4. The van der Waals surface area contributed by atoms with Crippen molar-refractivity contribution in [2.24, 2.45) is 0 Å². The van der Waals surface area contributed by atoms with Crippen LogP contribution in [0.25, 0.3) is 10.9 Å². The Labute approximate surface area is 163 Å². The van der Waals surface area contributed by atoms with Crippen LogP contribution in [-0.4, -0.2) is 37.0 Å². The lowest BCUT2D eigenvalue weighted by Gasteiger charge is -2.08. The first-order chi connectivity index (χ1) is 13.1. The number of hydrogen-bond donors (Lipinski definition) is 2. The molecule has 2 N–H and O–H groups in total. The quantitative estimate of drug-likeness (QED) is 0.552. The molecule has 0 saturated carbocycles. The van der Waals surface area contributed by atoms with Gasteiger partial charge >= 0.3 is 6.09 Å². The molecule has 0 unspecified atom stereocenters. The predicted octanol–water partition coefficient (Wildman–Crippen LogP) is 3.54. The summed E-state index contributed by atoms with van der Waals surface area (Å²) in [4.78, 5) is 31.0. The van der Waals surface area contributed by atoms with Crippen LogP contribution in [0.1, 0.15) is 18.5 Å². The van der Waals surface area contributed by atoms with Crippen molar-refractivity contribution in [1.29, 1.82) is 0 Å². The zero-order chi connectivity index (χ0) is 19.2. The highest BCUT2D eigenvalue weighted by Crippen LogP contribution is 2.25. The maximum atomic E-state index is 11.7. The molecule has 0 spiro atoms. The standard InChI is InChI=1S/C18H17BrN4O4/c19-6-1-2-16(24)20-10-13-9-17(22-11-21-13)27-14-3-4-15-12(8-14)5-7-23(15)18(25)26/h3-5,7-9,11H,1-2,6,10H2,(H,20,24)(H,25,26). The van der Waals surface area contributed by atoms with Gasteiger partial charge in [-0.2, -0.15) is 0 Å². The number of carboxylic acid groups (broad SMARTS) is 1. The number of nitrogens with zero attached hydrogens (tertiary/aromatic N) is 3. The van der Waals surface area contributed by atoms with E-state index in [4.69, 9.17) is 9.84 Å². The normalized spacial score (nSPS) is 10.7. The van der Waals surface area contributed by atoms with Gasteiger partial charge in [-0.3, -0.25) is 9.36 Å². The molecule has 2 heterocycles. The van der Waals surface area contributed by atoms with Crippen molar-refractivity contribution in [2.45, 2.75) is 19.4 Å². The fourth-order valence-electron chi connectivity index (χ4n) is 2.51. The molecule has 9 heteroatoms. The highest BCUT2D eigenvalue weighted by molar-refractivity contribution is 9.09. The van der Waals surface area contributed by atoms with Gasteiger partial charge in [-0.1, -0.05) is 15.9 Å². The summed E-state index contributed by atoms with van der Waals surface area (Å²) in [5.74, 6) is 0.826. The third-order valence-electron chi connectivity index (χ3n) is 3.79. The van der Waals surface area contributed by atoms with E-state index in [1.165, 1.54) is 12.5 Å². The number of aromatic nitrogens is 3. The fraction of sp³-hybridized carbons (Fsp3) is 0.222. The van der Waals surface area contributed by atoms with E-state index in [1.807, 2.05) is 0 Å². The van der Waals surface area contributed by atoms with Crippen molar-refractivity contribution in [3.8, 4) is 11.6 Å². The zero-order valence-corrected chi connectivity index (χ0v) is 15.8. The Balaban J connectivity index is 1.68. The summed E-state index contributed by atoms with van der Waals surface area (Å²) in [6.07, 6.45) is 3.04. The maximum absolute atomic E-state index is 11.7. The van der Waals surface area contributed by atoms with Crippen LogP contribution in [-0.2, 0) is 11.3 Å². The molecule has 3 aromatic rings. The number of halogens is 1. The minimum absolute atomic E-state index is 0.0380. The smallest absolute Gasteiger partial charge is 0.415 e.